The fourth-order valence-corrected chi connectivity index (χ4v) is 2.17. The third-order valence-electron chi connectivity index (χ3n) is 2.82. The highest BCUT2D eigenvalue weighted by Crippen LogP contribution is 2.23. The predicted octanol–water partition coefficient (Wildman–Crippen LogP) is 2.82. The van der Waals surface area contributed by atoms with Gasteiger partial charge >= 0.3 is 0 Å². The van der Waals surface area contributed by atoms with Crippen LogP contribution in [0.3, 0.4) is 0 Å². The Morgan fingerprint density at radius 1 is 1.47 bits per heavy atom. The number of aryl methyl sites for hydroxylation is 1. The molecule has 0 aliphatic rings. The van der Waals surface area contributed by atoms with E-state index in [2.05, 4.69) is 26.0 Å². The largest absolute Gasteiger partial charge is 0.294 e. The first-order valence-electron chi connectivity index (χ1n) is 5.50. The number of nitrogens with zero attached hydrogens (tertiary/aromatic N) is 4. The van der Waals surface area contributed by atoms with Crippen molar-refractivity contribution in [2.45, 2.75) is 6.92 Å². The molecular formula is C12H12BrClN4O. The van der Waals surface area contributed by atoms with E-state index in [0.29, 0.717) is 21.0 Å². The average molecular weight is 344 g/mol. The van der Waals surface area contributed by atoms with Crippen LogP contribution >= 0.6 is 27.5 Å². The maximum absolute atomic E-state index is 12.4. The molecule has 0 saturated carbocycles. The van der Waals surface area contributed by atoms with E-state index in [1.165, 1.54) is 11.1 Å². The van der Waals surface area contributed by atoms with Crippen LogP contribution < -0.4 is 4.90 Å². The van der Waals surface area contributed by atoms with E-state index < -0.39 is 0 Å². The number of halogens is 2. The van der Waals surface area contributed by atoms with Crippen LogP contribution in [0.1, 0.15) is 16.2 Å². The van der Waals surface area contributed by atoms with Crippen LogP contribution in [0, 0.1) is 6.92 Å². The second-order valence-corrected chi connectivity index (χ2v) is 5.30. The van der Waals surface area contributed by atoms with E-state index in [1.54, 1.807) is 30.9 Å². The zero-order chi connectivity index (χ0) is 14.2. The molecule has 2 aromatic heterocycles. The van der Waals surface area contributed by atoms with Gasteiger partial charge in [-0.2, -0.15) is 5.10 Å². The molecule has 0 radical (unpaired) electrons. The molecule has 0 bridgehead atoms. The minimum absolute atomic E-state index is 0.231. The normalized spacial score (nSPS) is 10.6. The zero-order valence-corrected chi connectivity index (χ0v) is 13.0. The number of amides is 1. The Labute approximate surface area is 124 Å². The molecule has 1 amide bonds. The number of aromatic nitrogens is 3. The monoisotopic (exact) mass is 342 g/mol. The lowest BCUT2D eigenvalue weighted by atomic mass is 10.3. The van der Waals surface area contributed by atoms with Crippen molar-refractivity contribution < 1.29 is 4.79 Å². The van der Waals surface area contributed by atoms with E-state index in [-0.39, 0.29) is 5.91 Å². The number of anilines is 1. The molecule has 0 N–H and O–H groups in total. The lowest BCUT2D eigenvalue weighted by Crippen LogP contribution is -2.27. The minimum atomic E-state index is -0.231. The summed E-state index contributed by atoms with van der Waals surface area (Å²) in [5.41, 5.74) is 1.25. The molecule has 2 heterocycles. The summed E-state index contributed by atoms with van der Waals surface area (Å²) >= 11 is 9.15. The summed E-state index contributed by atoms with van der Waals surface area (Å²) in [6.45, 7) is 1.88. The lowest BCUT2D eigenvalue weighted by molar-refractivity contribution is 0.0986. The van der Waals surface area contributed by atoms with E-state index in [9.17, 15) is 4.79 Å². The summed E-state index contributed by atoms with van der Waals surface area (Å²) in [5, 5.41) is 4.73. The van der Waals surface area contributed by atoms with Gasteiger partial charge in [0.25, 0.3) is 5.91 Å². The third-order valence-corrected chi connectivity index (χ3v) is 4.00. The highest BCUT2D eigenvalue weighted by atomic mass is 79.9. The van der Waals surface area contributed by atoms with E-state index in [1.807, 2.05) is 6.92 Å². The first kappa shape index (κ1) is 14.0. The Hall–Kier alpha value is -1.40. The summed E-state index contributed by atoms with van der Waals surface area (Å²) in [4.78, 5) is 17.9. The minimum Gasteiger partial charge on any atom is -0.294 e. The number of hydrogen-bond donors (Lipinski definition) is 0. The van der Waals surface area contributed by atoms with Crippen LogP contribution in [0.2, 0.25) is 5.02 Å². The van der Waals surface area contributed by atoms with Gasteiger partial charge in [0.2, 0.25) is 0 Å². The molecule has 0 spiro atoms. The van der Waals surface area contributed by atoms with Gasteiger partial charge in [-0.1, -0.05) is 11.6 Å². The Morgan fingerprint density at radius 3 is 2.63 bits per heavy atom. The van der Waals surface area contributed by atoms with Crippen molar-refractivity contribution in [3.63, 3.8) is 0 Å². The van der Waals surface area contributed by atoms with Gasteiger partial charge in [-0.25, -0.2) is 4.98 Å². The van der Waals surface area contributed by atoms with Gasteiger partial charge in [0.15, 0.2) is 5.69 Å². The van der Waals surface area contributed by atoms with Gasteiger partial charge < -0.3 is 0 Å². The van der Waals surface area contributed by atoms with Gasteiger partial charge in [-0.15, -0.1) is 0 Å². The van der Waals surface area contributed by atoms with Crippen LogP contribution in [-0.4, -0.2) is 27.7 Å². The molecule has 2 rings (SSSR count). The number of rotatable bonds is 2. The third kappa shape index (κ3) is 2.64. The van der Waals surface area contributed by atoms with Crippen molar-refractivity contribution in [1.82, 2.24) is 14.8 Å². The fourth-order valence-electron chi connectivity index (χ4n) is 1.55. The molecule has 0 atom stereocenters. The Morgan fingerprint density at radius 2 is 2.16 bits per heavy atom. The molecule has 7 heteroatoms. The molecule has 0 aliphatic heterocycles. The first-order chi connectivity index (χ1) is 8.91. The highest BCUT2D eigenvalue weighted by molar-refractivity contribution is 9.10. The number of pyridine rings is 1. The topological polar surface area (TPSA) is 51.0 Å². The van der Waals surface area contributed by atoms with Crippen molar-refractivity contribution in [3.05, 3.63) is 39.2 Å². The van der Waals surface area contributed by atoms with Gasteiger partial charge in [0.05, 0.1) is 15.2 Å². The molecule has 0 aliphatic carbocycles. The van der Waals surface area contributed by atoms with E-state index in [0.717, 1.165) is 5.69 Å². The predicted molar refractivity (Wildman–Crippen MR) is 77.6 cm³/mol. The van der Waals surface area contributed by atoms with Crippen LogP contribution in [0.4, 0.5) is 5.82 Å². The lowest BCUT2D eigenvalue weighted by Gasteiger charge is -2.14. The zero-order valence-electron chi connectivity index (χ0n) is 10.7. The van der Waals surface area contributed by atoms with Gasteiger partial charge in [-0.3, -0.25) is 14.4 Å². The molecule has 5 nitrogen and oxygen atoms in total. The highest BCUT2D eigenvalue weighted by Gasteiger charge is 2.22. The second kappa shape index (κ2) is 5.30. The van der Waals surface area contributed by atoms with E-state index in [4.69, 9.17) is 11.6 Å². The Kier molecular flexibility index (Phi) is 3.91. The van der Waals surface area contributed by atoms with Crippen LogP contribution in [-0.2, 0) is 7.05 Å². The average Bonchev–Trinajstić information content (AvgIpc) is 2.66. The molecule has 100 valence electrons. The molecule has 0 saturated heterocycles. The molecule has 0 unspecified atom stereocenters. The summed E-state index contributed by atoms with van der Waals surface area (Å²) < 4.78 is 2.35. The van der Waals surface area contributed by atoms with Gasteiger partial charge in [0.1, 0.15) is 5.82 Å². The van der Waals surface area contributed by atoms with Crippen LogP contribution in [0.25, 0.3) is 0 Å². The SMILES string of the molecule is Cc1c(Br)c(C(=O)N(C)c2ccc(Cl)cn2)nn1C. The quantitative estimate of drug-likeness (QED) is 0.842. The molecule has 0 fully saturated rings. The van der Waals surface area contributed by atoms with E-state index >= 15 is 0 Å². The molecular weight excluding hydrogens is 332 g/mol. The number of carbonyl (C=O) groups is 1. The van der Waals surface area contributed by atoms with Crippen molar-refractivity contribution in [2.24, 2.45) is 7.05 Å². The number of hydrogen-bond acceptors (Lipinski definition) is 3. The smallest absolute Gasteiger partial charge is 0.280 e. The first-order valence-corrected chi connectivity index (χ1v) is 6.67. The van der Waals surface area contributed by atoms with Gasteiger partial charge in [-0.05, 0) is 35.0 Å². The standard InChI is InChI=1S/C12H12BrClN4O/c1-7-10(13)11(16-18(7)3)12(19)17(2)9-5-4-8(14)6-15-9/h4-6H,1-3H3. The van der Waals surface area contributed by atoms with Crippen molar-refractivity contribution >= 4 is 39.3 Å². The Balaban J connectivity index is 2.33. The van der Waals surface area contributed by atoms with Crippen molar-refractivity contribution in [3.8, 4) is 0 Å². The summed E-state index contributed by atoms with van der Waals surface area (Å²) in [7, 11) is 3.44. The van der Waals surface area contributed by atoms with Crippen molar-refractivity contribution in [1.29, 1.82) is 0 Å². The van der Waals surface area contributed by atoms with Crippen LogP contribution in [0.5, 0.6) is 0 Å². The van der Waals surface area contributed by atoms with Crippen molar-refractivity contribution in [2.75, 3.05) is 11.9 Å². The van der Waals surface area contributed by atoms with Crippen LogP contribution in [0.15, 0.2) is 22.8 Å². The number of carbonyl (C=O) groups excluding carboxylic acids is 1. The molecule has 19 heavy (non-hydrogen) atoms. The second-order valence-electron chi connectivity index (χ2n) is 4.07. The summed E-state index contributed by atoms with van der Waals surface area (Å²) in [6, 6.07) is 3.37. The molecule has 2 aromatic rings. The summed E-state index contributed by atoms with van der Waals surface area (Å²) in [6.07, 6.45) is 1.50. The molecule has 0 aromatic carbocycles. The van der Waals surface area contributed by atoms with Gasteiger partial charge in [0, 0.05) is 20.3 Å². The Bertz CT molecular complexity index is 623. The fraction of sp³-hybridized carbons (Fsp3) is 0.250. The maximum atomic E-state index is 12.4. The maximum Gasteiger partial charge on any atom is 0.280 e. The summed E-state index contributed by atoms with van der Waals surface area (Å²) in [5.74, 6) is 0.287.